The molecule has 1 heterocycles. The van der Waals surface area contributed by atoms with E-state index in [4.69, 9.17) is 0 Å². The smallest absolute Gasteiger partial charge is 0.0227 e. The molecule has 2 atom stereocenters. The first kappa shape index (κ1) is 9.12. The van der Waals surface area contributed by atoms with Crippen LogP contribution in [0.25, 0.3) is 0 Å². The fraction of sp³-hybridized carbons (Fsp3) is 1.00. The quantitative estimate of drug-likeness (QED) is 0.410. The van der Waals surface area contributed by atoms with Crippen LogP contribution in [0.3, 0.4) is 0 Å². The minimum absolute atomic E-state index is 0.215. The fourth-order valence-corrected chi connectivity index (χ4v) is 1.27. The lowest BCUT2D eigenvalue weighted by molar-refractivity contribution is 0.356. The Balaban J connectivity index is 1.83. The van der Waals surface area contributed by atoms with Crippen molar-refractivity contribution in [2.75, 3.05) is 25.4 Å². The van der Waals surface area contributed by atoms with E-state index in [1.807, 2.05) is 0 Å². The Bertz CT molecular complexity index is 139. The minimum atomic E-state index is -1.90. The minimum Gasteiger partial charge on any atom is -0.772 e. The van der Waals surface area contributed by atoms with Crippen LogP contribution in [0.5, 0.6) is 0 Å². The molecule has 66 valence electrons. The highest BCUT2D eigenvalue weighted by atomic mass is 32.2. The third-order valence-corrected chi connectivity index (χ3v) is 2.30. The monoisotopic (exact) mass is 177 g/mol. The normalized spacial score (nSPS) is 26.1. The van der Waals surface area contributed by atoms with Crippen molar-refractivity contribution in [1.29, 1.82) is 0 Å². The van der Waals surface area contributed by atoms with E-state index >= 15 is 0 Å². The van der Waals surface area contributed by atoms with Crippen LogP contribution in [0, 0.1) is 0 Å². The lowest BCUT2D eigenvalue weighted by atomic mass is 10.1. The van der Waals surface area contributed by atoms with E-state index in [-0.39, 0.29) is 5.75 Å². The molecule has 1 rings (SSSR count). The van der Waals surface area contributed by atoms with Crippen molar-refractivity contribution in [1.82, 2.24) is 10.6 Å². The van der Waals surface area contributed by atoms with Gasteiger partial charge in [0, 0.05) is 24.9 Å². The van der Waals surface area contributed by atoms with Gasteiger partial charge in [0.25, 0.3) is 0 Å². The second-order valence-corrected chi connectivity index (χ2v) is 3.67. The maximum Gasteiger partial charge on any atom is 0.0227 e. The summed E-state index contributed by atoms with van der Waals surface area (Å²) in [6, 6.07) is 0.565. The van der Waals surface area contributed by atoms with Crippen molar-refractivity contribution in [3.05, 3.63) is 0 Å². The van der Waals surface area contributed by atoms with Gasteiger partial charge in [-0.05, 0) is 13.0 Å². The second-order valence-electron chi connectivity index (χ2n) is 2.65. The van der Waals surface area contributed by atoms with Crippen molar-refractivity contribution < 1.29 is 8.76 Å². The summed E-state index contributed by atoms with van der Waals surface area (Å²) in [5.41, 5.74) is 0. The molecule has 1 fully saturated rings. The molecule has 11 heavy (non-hydrogen) atoms. The largest absolute Gasteiger partial charge is 0.772 e. The second kappa shape index (κ2) is 4.82. The number of rotatable bonds is 5. The van der Waals surface area contributed by atoms with Gasteiger partial charge < -0.3 is 15.2 Å². The summed E-state index contributed by atoms with van der Waals surface area (Å²) in [5.74, 6) is 0.215. The molecule has 0 aromatic carbocycles. The molecule has 0 aliphatic carbocycles. The summed E-state index contributed by atoms with van der Waals surface area (Å²) >= 11 is -1.90. The first-order valence-electron chi connectivity index (χ1n) is 3.79. The molecular weight excluding hydrogens is 164 g/mol. The van der Waals surface area contributed by atoms with E-state index in [1.54, 1.807) is 0 Å². The highest BCUT2D eigenvalue weighted by Crippen LogP contribution is 1.98. The van der Waals surface area contributed by atoms with E-state index < -0.39 is 11.1 Å². The zero-order valence-corrected chi connectivity index (χ0v) is 7.15. The van der Waals surface area contributed by atoms with Gasteiger partial charge in [-0.25, -0.2) is 0 Å². The van der Waals surface area contributed by atoms with E-state index in [0.29, 0.717) is 12.6 Å². The van der Waals surface area contributed by atoms with Gasteiger partial charge in [0.15, 0.2) is 0 Å². The molecule has 0 radical (unpaired) electrons. The average molecular weight is 177 g/mol. The number of hydrogen-bond donors (Lipinski definition) is 2. The highest BCUT2D eigenvalue weighted by molar-refractivity contribution is 7.79. The van der Waals surface area contributed by atoms with Crippen LogP contribution in [0.1, 0.15) is 6.42 Å². The van der Waals surface area contributed by atoms with Gasteiger partial charge in [-0.1, -0.05) is 11.1 Å². The van der Waals surface area contributed by atoms with Crippen LogP contribution in [0.4, 0.5) is 0 Å². The summed E-state index contributed by atoms with van der Waals surface area (Å²) in [6.07, 6.45) is 1.20. The predicted octanol–water partition coefficient (Wildman–Crippen LogP) is -1.18. The molecule has 2 unspecified atom stereocenters. The van der Waals surface area contributed by atoms with Crippen LogP contribution < -0.4 is 10.6 Å². The Kier molecular flexibility index (Phi) is 3.99. The maximum atomic E-state index is 10.1. The van der Waals surface area contributed by atoms with Crippen molar-refractivity contribution in [2.45, 2.75) is 12.5 Å². The fourth-order valence-electron chi connectivity index (χ4n) is 0.954. The number of hydrogen-bond acceptors (Lipinski definition) is 4. The maximum absolute atomic E-state index is 10.1. The van der Waals surface area contributed by atoms with Gasteiger partial charge >= 0.3 is 0 Å². The lowest BCUT2D eigenvalue weighted by Gasteiger charge is -2.27. The first-order valence-corrected chi connectivity index (χ1v) is 5.03. The Labute approximate surface area is 69.0 Å². The summed E-state index contributed by atoms with van der Waals surface area (Å²) < 4.78 is 20.1. The molecule has 1 aliphatic rings. The predicted molar refractivity (Wildman–Crippen MR) is 43.1 cm³/mol. The van der Waals surface area contributed by atoms with E-state index in [0.717, 1.165) is 13.1 Å². The van der Waals surface area contributed by atoms with Crippen molar-refractivity contribution in [3.8, 4) is 0 Å². The summed E-state index contributed by atoms with van der Waals surface area (Å²) in [5, 5.41) is 6.28. The number of nitrogens with one attached hydrogen (secondary N) is 2. The Morgan fingerprint density at radius 3 is 2.91 bits per heavy atom. The molecule has 1 saturated heterocycles. The lowest BCUT2D eigenvalue weighted by Crippen LogP contribution is -2.49. The van der Waals surface area contributed by atoms with Crippen LogP contribution >= 0.6 is 0 Å². The van der Waals surface area contributed by atoms with Crippen LogP contribution in [0.2, 0.25) is 0 Å². The van der Waals surface area contributed by atoms with Crippen molar-refractivity contribution >= 4 is 11.1 Å². The average Bonchev–Trinajstić information content (AvgIpc) is 1.82. The summed E-state index contributed by atoms with van der Waals surface area (Å²) in [4.78, 5) is 0. The standard InChI is InChI=1S/C6H14N2O2S/c9-11(10)4-3-7-5-6-1-2-8-6/h6-8H,1-5H2,(H,9,10)/p-1. The Morgan fingerprint density at radius 1 is 1.73 bits per heavy atom. The van der Waals surface area contributed by atoms with Crippen molar-refractivity contribution in [3.63, 3.8) is 0 Å². The molecule has 0 spiro atoms. The third kappa shape index (κ3) is 3.81. The molecule has 5 heteroatoms. The molecule has 0 saturated carbocycles. The van der Waals surface area contributed by atoms with Crippen LogP contribution in [-0.4, -0.2) is 40.2 Å². The van der Waals surface area contributed by atoms with E-state index in [9.17, 15) is 8.76 Å². The van der Waals surface area contributed by atoms with E-state index in [1.165, 1.54) is 6.42 Å². The molecule has 0 amide bonds. The first-order chi connectivity index (χ1) is 5.29. The Hall–Kier alpha value is 0.0300. The van der Waals surface area contributed by atoms with Gasteiger partial charge in [0.05, 0.1) is 0 Å². The zero-order valence-electron chi connectivity index (χ0n) is 6.34. The van der Waals surface area contributed by atoms with Gasteiger partial charge in [0.2, 0.25) is 0 Å². The topological polar surface area (TPSA) is 64.2 Å². The zero-order chi connectivity index (χ0) is 8.10. The molecule has 0 aromatic heterocycles. The van der Waals surface area contributed by atoms with E-state index in [2.05, 4.69) is 10.6 Å². The Morgan fingerprint density at radius 2 is 2.45 bits per heavy atom. The van der Waals surface area contributed by atoms with Crippen LogP contribution in [-0.2, 0) is 11.1 Å². The molecular formula is C6H13N2O2S-. The molecule has 4 nitrogen and oxygen atoms in total. The summed E-state index contributed by atoms with van der Waals surface area (Å²) in [6.45, 7) is 2.55. The highest BCUT2D eigenvalue weighted by Gasteiger charge is 2.14. The van der Waals surface area contributed by atoms with Gasteiger partial charge in [-0.15, -0.1) is 0 Å². The molecule has 0 aromatic rings. The van der Waals surface area contributed by atoms with Gasteiger partial charge in [0.1, 0.15) is 0 Å². The summed E-state index contributed by atoms with van der Waals surface area (Å²) in [7, 11) is 0. The molecule has 2 N–H and O–H groups in total. The SMILES string of the molecule is O=S([O-])CCNCC1CCN1. The molecule has 0 bridgehead atoms. The van der Waals surface area contributed by atoms with Crippen LogP contribution in [0.15, 0.2) is 0 Å². The molecule has 1 aliphatic heterocycles. The third-order valence-electron chi connectivity index (χ3n) is 1.76. The van der Waals surface area contributed by atoms with Gasteiger partial charge in [-0.3, -0.25) is 4.21 Å². The van der Waals surface area contributed by atoms with Crippen molar-refractivity contribution in [2.24, 2.45) is 0 Å². The van der Waals surface area contributed by atoms with Gasteiger partial charge in [-0.2, -0.15) is 0 Å².